The highest BCUT2D eigenvalue weighted by molar-refractivity contribution is 7.90. The minimum absolute atomic E-state index is 0.0173. The summed E-state index contributed by atoms with van der Waals surface area (Å²) >= 11 is 5.87. The Hall–Kier alpha value is -4.36. The van der Waals surface area contributed by atoms with Gasteiger partial charge in [-0.1, -0.05) is 11.6 Å². The largest absolute Gasteiger partial charge is 0.502 e. The molecule has 3 aromatic rings. The molecule has 3 aromatic carbocycles. The molecule has 0 radical (unpaired) electrons. The molecular formula is C28H25ClN2O10S. The summed E-state index contributed by atoms with van der Waals surface area (Å²) in [5.74, 6) is -1.57. The van der Waals surface area contributed by atoms with Crippen LogP contribution in [0.25, 0.3) is 0 Å². The SMILES string of the molecule is COc1cc([C@@H]2c3cc4c(cc3[C@@H](NC(=O)NS(=O)(=O)c3ccc(Cl)cc3)[C@H]3COC(=O)[C@H]23)OCO4)cc(OC)c1O. The molecule has 2 aliphatic heterocycles. The van der Waals surface area contributed by atoms with Crippen molar-refractivity contribution in [1.82, 2.24) is 10.0 Å². The molecule has 1 fully saturated rings. The van der Waals surface area contributed by atoms with Crippen molar-refractivity contribution in [3.63, 3.8) is 0 Å². The predicted octanol–water partition coefficient (Wildman–Crippen LogP) is 3.46. The van der Waals surface area contributed by atoms with Crippen LogP contribution in [0.5, 0.6) is 28.7 Å². The number of benzene rings is 3. The zero-order valence-electron chi connectivity index (χ0n) is 22.3. The molecule has 1 aliphatic carbocycles. The number of urea groups is 1. The molecule has 12 nitrogen and oxygen atoms in total. The Bertz CT molecular complexity index is 1670. The molecule has 4 atom stereocenters. The number of fused-ring (bicyclic) bond motifs is 3. The third-order valence-corrected chi connectivity index (χ3v) is 9.28. The van der Waals surface area contributed by atoms with Gasteiger partial charge in [-0.15, -0.1) is 0 Å². The highest BCUT2D eigenvalue weighted by Crippen LogP contribution is 2.55. The first-order chi connectivity index (χ1) is 20.1. The molecule has 0 bridgehead atoms. The van der Waals surface area contributed by atoms with Crippen molar-refractivity contribution in [2.24, 2.45) is 11.8 Å². The van der Waals surface area contributed by atoms with E-state index in [1.54, 1.807) is 24.3 Å². The molecule has 14 heteroatoms. The van der Waals surface area contributed by atoms with Crippen LogP contribution in [0, 0.1) is 11.8 Å². The first-order valence-corrected chi connectivity index (χ1v) is 14.6. The summed E-state index contributed by atoms with van der Waals surface area (Å²) in [5.41, 5.74) is 1.78. The van der Waals surface area contributed by atoms with Crippen LogP contribution in [0.15, 0.2) is 53.4 Å². The summed E-state index contributed by atoms with van der Waals surface area (Å²) in [6.07, 6.45) is 0. The highest BCUT2D eigenvalue weighted by atomic mass is 35.5. The van der Waals surface area contributed by atoms with Gasteiger partial charge in [0.05, 0.1) is 37.7 Å². The lowest BCUT2D eigenvalue weighted by Gasteiger charge is -2.39. The summed E-state index contributed by atoms with van der Waals surface area (Å²) < 4.78 is 55.2. The number of ether oxygens (including phenoxy) is 5. The summed E-state index contributed by atoms with van der Waals surface area (Å²) in [6, 6.07) is 10.2. The molecule has 2 amide bonds. The fraction of sp³-hybridized carbons (Fsp3) is 0.286. The van der Waals surface area contributed by atoms with E-state index in [9.17, 15) is 23.1 Å². The van der Waals surface area contributed by atoms with Gasteiger partial charge in [0.25, 0.3) is 10.0 Å². The van der Waals surface area contributed by atoms with Crippen LogP contribution in [0.2, 0.25) is 5.02 Å². The van der Waals surface area contributed by atoms with Crippen molar-refractivity contribution in [1.29, 1.82) is 0 Å². The summed E-state index contributed by atoms with van der Waals surface area (Å²) in [6.45, 7) is -0.0499. The predicted molar refractivity (Wildman–Crippen MR) is 147 cm³/mol. The van der Waals surface area contributed by atoms with Gasteiger partial charge in [-0.05, 0) is 65.2 Å². The standard InChI is InChI=1S/C28H25ClN2O10S/c1-37-21-7-13(8-22(38-2)26(21)32)23-16-9-19-20(41-12-40-19)10-17(16)25(18-11-39-27(33)24(18)23)30-28(34)31-42(35,36)15-5-3-14(29)4-6-15/h3-10,18,23-25,32H,11-12H2,1-2H3,(H2,30,31,34)/t18-,23+,24-,25+/m0/s1. The van der Waals surface area contributed by atoms with Crippen LogP contribution in [0.3, 0.4) is 0 Å². The number of phenolic OH excluding ortho intramolecular Hbond substituents is 1. The quantitative estimate of drug-likeness (QED) is 0.350. The van der Waals surface area contributed by atoms with E-state index in [0.29, 0.717) is 33.2 Å². The number of amides is 2. The maximum absolute atomic E-state index is 13.3. The smallest absolute Gasteiger partial charge is 0.329 e. The number of hydrogen-bond donors (Lipinski definition) is 3. The van der Waals surface area contributed by atoms with Crippen LogP contribution >= 0.6 is 11.6 Å². The fourth-order valence-electron chi connectivity index (χ4n) is 5.81. The van der Waals surface area contributed by atoms with Gasteiger partial charge in [-0.25, -0.2) is 17.9 Å². The second-order valence-electron chi connectivity index (χ2n) is 9.92. The van der Waals surface area contributed by atoms with Crippen LogP contribution in [0.4, 0.5) is 4.79 Å². The molecule has 3 aliphatic rings. The highest BCUT2D eigenvalue weighted by Gasteiger charge is 2.53. The molecule has 0 saturated carbocycles. The zero-order chi connectivity index (χ0) is 29.8. The van der Waals surface area contributed by atoms with Crippen molar-refractivity contribution in [3.05, 3.63) is 70.2 Å². The number of carbonyl (C=O) groups excluding carboxylic acids is 2. The van der Waals surface area contributed by atoms with Crippen molar-refractivity contribution >= 4 is 33.6 Å². The van der Waals surface area contributed by atoms with Gasteiger partial charge >= 0.3 is 12.0 Å². The molecule has 3 N–H and O–H groups in total. The van der Waals surface area contributed by atoms with Gasteiger partial charge in [-0.2, -0.15) is 0 Å². The average Bonchev–Trinajstić information content (AvgIpc) is 3.58. The minimum Gasteiger partial charge on any atom is -0.502 e. The second kappa shape index (κ2) is 10.5. The number of rotatable bonds is 6. The average molecular weight is 617 g/mol. The fourth-order valence-corrected chi connectivity index (χ4v) is 6.85. The summed E-state index contributed by atoms with van der Waals surface area (Å²) in [7, 11) is -1.44. The van der Waals surface area contributed by atoms with Gasteiger partial charge in [0.15, 0.2) is 23.0 Å². The molecule has 1 saturated heterocycles. The molecular weight excluding hydrogens is 592 g/mol. The number of halogens is 1. The van der Waals surface area contributed by atoms with Gasteiger partial charge in [0.2, 0.25) is 12.5 Å². The maximum Gasteiger partial charge on any atom is 0.329 e. The number of phenols is 1. The summed E-state index contributed by atoms with van der Waals surface area (Å²) in [5, 5.41) is 13.6. The van der Waals surface area contributed by atoms with Crippen molar-refractivity contribution in [2.45, 2.75) is 16.9 Å². The van der Waals surface area contributed by atoms with E-state index in [-0.39, 0.29) is 35.5 Å². The van der Waals surface area contributed by atoms with E-state index in [0.717, 1.165) is 0 Å². The molecule has 0 aromatic heterocycles. The van der Waals surface area contributed by atoms with Crippen LogP contribution in [0.1, 0.15) is 28.7 Å². The van der Waals surface area contributed by atoms with E-state index >= 15 is 0 Å². The van der Waals surface area contributed by atoms with Gasteiger partial charge in [-0.3, -0.25) is 4.79 Å². The molecule has 6 rings (SSSR count). The van der Waals surface area contributed by atoms with E-state index in [1.165, 1.54) is 38.5 Å². The normalized spacial score (nSPS) is 22.0. The Morgan fingerprint density at radius 3 is 2.21 bits per heavy atom. The Morgan fingerprint density at radius 1 is 0.976 bits per heavy atom. The Labute approximate surface area is 245 Å². The number of hydrogen-bond acceptors (Lipinski definition) is 10. The number of nitrogens with one attached hydrogen (secondary N) is 2. The van der Waals surface area contributed by atoms with E-state index in [2.05, 4.69) is 5.32 Å². The number of esters is 1. The van der Waals surface area contributed by atoms with Crippen molar-refractivity contribution in [2.75, 3.05) is 27.6 Å². The third kappa shape index (κ3) is 4.68. The minimum atomic E-state index is -4.24. The Kier molecular flexibility index (Phi) is 6.93. The van der Waals surface area contributed by atoms with Crippen molar-refractivity contribution < 1.29 is 46.8 Å². The van der Waals surface area contributed by atoms with Gasteiger partial charge < -0.3 is 34.1 Å². The molecule has 42 heavy (non-hydrogen) atoms. The van der Waals surface area contributed by atoms with Gasteiger partial charge in [0, 0.05) is 16.9 Å². The second-order valence-corrected chi connectivity index (χ2v) is 12.0. The zero-order valence-corrected chi connectivity index (χ0v) is 23.8. The lowest BCUT2D eigenvalue weighted by atomic mass is 9.65. The number of sulfonamides is 1. The van der Waals surface area contributed by atoms with Crippen LogP contribution in [-0.4, -0.2) is 53.1 Å². The summed E-state index contributed by atoms with van der Waals surface area (Å²) in [4.78, 5) is 26.3. The lowest BCUT2D eigenvalue weighted by Crippen LogP contribution is -2.47. The monoisotopic (exact) mass is 616 g/mol. The number of aromatic hydroxyl groups is 1. The molecule has 220 valence electrons. The van der Waals surface area contributed by atoms with E-state index in [1.807, 2.05) is 4.72 Å². The molecule has 0 unspecified atom stereocenters. The van der Waals surface area contributed by atoms with Gasteiger partial charge in [0.1, 0.15) is 0 Å². The Morgan fingerprint density at radius 2 is 1.60 bits per heavy atom. The van der Waals surface area contributed by atoms with E-state index < -0.39 is 45.8 Å². The topological polar surface area (TPSA) is 159 Å². The van der Waals surface area contributed by atoms with E-state index in [4.69, 9.17) is 35.3 Å². The number of methoxy groups -OCH3 is 2. The first kappa shape index (κ1) is 27.8. The van der Waals surface area contributed by atoms with Crippen LogP contribution in [-0.2, 0) is 19.6 Å². The molecule has 2 heterocycles. The van der Waals surface area contributed by atoms with Crippen molar-refractivity contribution in [3.8, 4) is 28.7 Å². The lowest BCUT2D eigenvalue weighted by molar-refractivity contribution is -0.141. The Balaban J connectivity index is 1.43. The number of cyclic esters (lactones) is 1. The molecule has 0 spiro atoms. The third-order valence-electron chi connectivity index (χ3n) is 7.69. The first-order valence-electron chi connectivity index (χ1n) is 12.7. The number of carbonyl (C=O) groups is 2. The maximum atomic E-state index is 13.3. The van der Waals surface area contributed by atoms with Crippen LogP contribution < -0.4 is 29.0 Å².